The lowest BCUT2D eigenvalue weighted by Crippen LogP contribution is -2.17. The maximum absolute atomic E-state index is 11.7. The average Bonchev–Trinajstić information content (AvgIpc) is 2.37. The average molecular weight is 305 g/mol. The SMILES string of the molecule is COCCS(=O)CCC(=O)Nc1ccc(Cl)cc1N. The van der Waals surface area contributed by atoms with Crippen LogP contribution in [0.3, 0.4) is 0 Å². The van der Waals surface area contributed by atoms with Crippen molar-refractivity contribution in [1.29, 1.82) is 0 Å². The van der Waals surface area contributed by atoms with Crippen LogP contribution in [-0.2, 0) is 20.3 Å². The Morgan fingerprint density at radius 2 is 2.21 bits per heavy atom. The Hall–Kier alpha value is -1.11. The molecule has 0 radical (unpaired) electrons. The number of halogens is 1. The van der Waals surface area contributed by atoms with Crippen LogP contribution in [0.2, 0.25) is 5.02 Å². The Morgan fingerprint density at radius 1 is 1.47 bits per heavy atom. The molecular weight excluding hydrogens is 288 g/mol. The highest BCUT2D eigenvalue weighted by Gasteiger charge is 2.08. The number of hydrogen-bond acceptors (Lipinski definition) is 4. The zero-order chi connectivity index (χ0) is 14.3. The molecule has 0 saturated carbocycles. The molecular formula is C12H17ClN2O3S. The van der Waals surface area contributed by atoms with E-state index in [4.69, 9.17) is 22.1 Å². The minimum Gasteiger partial charge on any atom is -0.397 e. The molecule has 1 aromatic carbocycles. The lowest BCUT2D eigenvalue weighted by molar-refractivity contribution is -0.115. The van der Waals surface area contributed by atoms with Crippen LogP contribution in [0, 0.1) is 0 Å². The predicted molar refractivity (Wildman–Crippen MR) is 78.9 cm³/mol. The normalized spacial score (nSPS) is 12.1. The first kappa shape index (κ1) is 15.9. The van der Waals surface area contributed by atoms with Gasteiger partial charge in [-0.1, -0.05) is 11.6 Å². The first-order chi connectivity index (χ1) is 9.02. The molecule has 0 bridgehead atoms. The summed E-state index contributed by atoms with van der Waals surface area (Å²) in [6, 6.07) is 4.84. The van der Waals surface area contributed by atoms with E-state index < -0.39 is 10.8 Å². The minimum atomic E-state index is -1.05. The second-order valence-electron chi connectivity index (χ2n) is 3.87. The van der Waals surface area contributed by atoms with Crippen molar-refractivity contribution in [3.63, 3.8) is 0 Å². The quantitative estimate of drug-likeness (QED) is 0.750. The molecule has 0 aromatic heterocycles. The highest BCUT2D eigenvalue weighted by atomic mass is 35.5. The van der Waals surface area contributed by atoms with E-state index in [1.807, 2.05) is 0 Å². The number of nitrogen functional groups attached to an aromatic ring is 1. The summed E-state index contributed by atoms with van der Waals surface area (Å²) in [6.45, 7) is 0.429. The third-order valence-electron chi connectivity index (χ3n) is 2.36. The number of hydrogen-bond donors (Lipinski definition) is 2. The summed E-state index contributed by atoms with van der Waals surface area (Å²) in [6.07, 6.45) is 0.179. The molecule has 0 saturated heterocycles. The first-order valence-electron chi connectivity index (χ1n) is 5.71. The van der Waals surface area contributed by atoms with Crippen molar-refractivity contribution in [3.8, 4) is 0 Å². The minimum absolute atomic E-state index is 0.179. The molecule has 0 aliphatic heterocycles. The van der Waals surface area contributed by atoms with E-state index >= 15 is 0 Å². The molecule has 0 aliphatic carbocycles. The molecule has 1 aromatic rings. The smallest absolute Gasteiger partial charge is 0.225 e. The number of anilines is 2. The van der Waals surface area contributed by atoms with Gasteiger partial charge in [0.1, 0.15) is 0 Å². The van der Waals surface area contributed by atoms with Crippen molar-refractivity contribution in [2.75, 3.05) is 36.3 Å². The molecule has 0 aliphatic rings. The number of amides is 1. The second kappa shape index (κ2) is 8.14. The molecule has 106 valence electrons. The van der Waals surface area contributed by atoms with Crippen LogP contribution in [0.25, 0.3) is 0 Å². The molecule has 1 atom stereocenters. The van der Waals surface area contributed by atoms with Crippen molar-refractivity contribution in [2.45, 2.75) is 6.42 Å². The van der Waals surface area contributed by atoms with E-state index in [1.165, 1.54) is 0 Å². The molecule has 19 heavy (non-hydrogen) atoms. The van der Waals surface area contributed by atoms with Crippen molar-refractivity contribution < 1.29 is 13.7 Å². The van der Waals surface area contributed by atoms with Gasteiger partial charge in [0, 0.05) is 40.9 Å². The molecule has 1 amide bonds. The third kappa shape index (κ3) is 6.04. The molecule has 1 rings (SSSR count). The van der Waals surface area contributed by atoms with Crippen LogP contribution in [0.5, 0.6) is 0 Å². The highest BCUT2D eigenvalue weighted by molar-refractivity contribution is 7.85. The number of rotatable bonds is 7. The molecule has 0 fully saturated rings. The van der Waals surface area contributed by atoms with Gasteiger partial charge in [-0.2, -0.15) is 0 Å². The van der Waals surface area contributed by atoms with E-state index in [0.29, 0.717) is 34.5 Å². The van der Waals surface area contributed by atoms with Crippen molar-refractivity contribution >= 4 is 39.7 Å². The van der Waals surface area contributed by atoms with Gasteiger partial charge in [-0.3, -0.25) is 9.00 Å². The number of ether oxygens (including phenoxy) is 1. The van der Waals surface area contributed by atoms with Gasteiger partial charge in [0.2, 0.25) is 5.91 Å². The Bertz CT molecular complexity index is 468. The number of carbonyl (C=O) groups is 1. The van der Waals surface area contributed by atoms with Crippen LogP contribution >= 0.6 is 11.6 Å². The largest absolute Gasteiger partial charge is 0.397 e. The van der Waals surface area contributed by atoms with Gasteiger partial charge < -0.3 is 15.8 Å². The predicted octanol–water partition coefficient (Wildman–Crippen LogP) is 1.65. The maximum Gasteiger partial charge on any atom is 0.225 e. The van der Waals surface area contributed by atoms with Crippen LogP contribution in [-0.4, -0.2) is 35.3 Å². The van der Waals surface area contributed by atoms with Crippen molar-refractivity contribution in [2.24, 2.45) is 0 Å². The molecule has 5 nitrogen and oxygen atoms in total. The summed E-state index contributed by atoms with van der Waals surface area (Å²) >= 11 is 5.76. The Balaban J connectivity index is 2.41. The van der Waals surface area contributed by atoms with E-state index in [2.05, 4.69) is 5.32 Å². The van der Waals surface area contributed by atoms with Gasteiger partial charge in [0.05, 0.1) is 18.0 Å². The molecule has 7 heteroatoms. The van der Waals surface area contributed by atoms with Gasteiger partial charge >= 0.3 is 0 Å². The molecule has 3 N–H and O–H groups in total. The number of methoxy groups -OCH3 is 1. The fraction of sp³-hybridized carbons (Fsp3) is 0.417. The van der Waals surface area contributed by atoms with Gasteiger partial charge in [0.15, 0.2) is 0 Å². The molecule has 0 spiro atoms. The topological polar surface area (TPSA) is 81.4 Å². The Morgan fingerprint density at radius 3 is 2.84 bits per heavy atom. The number of benzene rings is 1. The lowest BCUT2D eigenvalue weighted by Gasteiger charge is -2.08. The summed E-state index contributed by atoms with van der Waals surface area (Å²) in [5, 5.41) is 3.17. The second-order valence-corrected chi connectivity index (χ2v) is 6.00. The fourth-order valence-corrected chi connectivity index (χ4v) is 2.50. The number of nitrogens with one attached hydrogen (secondary N) is 1. The lowest BCUT2D eigenvalue weighted by atomic mass is 10.2. The van der Waals surface area contributed by atoms with Crippen LogP contribution in [0.4, 0.5) is 11.4 Å². The van der Waals surface area contributed by atoms with Gasteiger partial charge in [-0.25, -0.2) is 0 Å². The van der Waals surface area contributed by atoms with Crippen LogP contribution < -0.4 is 11.1 Å². The molecule has 0 heterocycles. The van der Waals surface area contributed by atoms with Gasteiger partial charge in [-0.05, 0) is 18.2 Å². The monoisotopic (exact) mass is 304 g/mol. The fourth-order valence-electron chi connectivity index (χ4n) is 1.34. The zero-order valence-corrected chi connectivity index (χ0v) is 12.2. The Kier molecular flexibility index (Phi) is 6.83. The van der Waals surface area contributed by atoms with E-state index in [0.717, 1.165) is 0 Å². The number of nitrogens with two attached hydrogens (primary N) is 1. The number of carbonyl (C=O) groups excluding carboxylic acids is 1. The Labute approximate surface area is 119 Å². The standard InChI is InChI=1S/C12H17ClN2O3S/c1-18-5-7-19(17)6-4-12(16)15-11-3-2-9(13)8-10(11)14/h2-3,8H,4-7,14H2,1H3,(H,15,16). The van der Waals surface area contributed by atoms with Gasteiger partial charge in [-0.15, -0.1) is 0 Å². The summed E-state index contributed by atoms with van der Waals surface area (Å²) in [4.78, 5) is 11.7. The van der Waals surface area contributed by atoms with Crippen molar-refractivity contribution in [3.05, 3.63) is 23.2 Å². The summed E-state index contributed by atoms with van der Waals surface area (Å²) < 4.78 is 16.3. The first-order valence-corrected chi connectivity index (χ1v) is 7.58. The summed E-state index contributed by atoms with van der Waals surface area (Å²) in [5.41, 5.74) is 6.63. The summed E-state index contributed by atoms with van der Waals surface area (Å²) in [7, 11) is 0.503. The highest BCUT2D eigenvalue weighted by Crippen LogP contribution is 2.22. The van der Waals surface area contributed by atoms with E-state index in [1.54, 1.807) is 25.3 Å². The zero-order valence-electron chi connectivity index (χ0n) is 10.6. The third-order valence-corrected chi connectivity index (χ3v) is 3.88. The van der Waals surface area contributed by atoms with Crippen LogP contribution in [0.15, 0.2) is 18.2 Å². The maximum atomic E-state index is 11.7. The van der Waals surface area contributed by atoms with Crippen molar-refractivity contribution in [1.82, 2.24) is 0 Å². The molecule has 1 unspecified atom stereocenters. The van der Waals surface area contributed by atoms with E-state index in [-0.39, 0.29) is 12.3 Å². The van der Waals surface area contributed by atoms with Gasteiger partial charge in [0.25, 0.3) is 0 Å². The van der Waals surface area contributed by atoms with Crippen LogP contribution in [0.1, 0.15) is 6.42 Å². The summed E-state index contributed by atoms with van der Waals surface area (Å²) in [5.74, 6) is 0.523. The van der Waals surface area contributed by atoms with E-state index in [9.17, 15) is 9.00 Å².